The summed E-state index contributed by atoms with van der Waals surface area (Å²) in [5, 5.41) is 8.10. The van der Waals surface area contributed by atoms with Gasteiger partial charge in [-0.05, 0) is 28.1 Å². The fourth-order valence-corrected chi connectivity index (χ4v) is 2.13. The van der Waals surface area contributed by atoms with Crippen molar-refractivity contribution in [2.75, 3.05) is 5.73 Å². The van der Waals surface area contributed by atoms with Crippen LogP contribution in [0.5, 0.6) is 0 Å². The first-order valence-electron chi connectivity index (χ1n) is 3.82. The Balaban J connectivity index is 2.59. The Labute approximate surface area is 102 Å². The van der Waals surface area contributed by atoms with Gasteiger partial charge in [-0.2, -0.15) is 0 Å². The average Bonchev–Trinajstić information content (AvgIpc) is 2.61. The molecule has 3 nitrogen and oxygen atoms in total. The fraction of sp³-hybridized carbons (Fsp3) is 0. The van der Waals surface area contributed by atoms with Crippen LogP contribution in [-0.4, -0.2) is 10.2 Å². The van der Waals surface area contributed by atoms with Crippen LogP contribution in [0, 0.1) is 5.82 Å². The monoisotopic (exact) mass is 307 g/mol. The van der Waals surface area contributed by atoms with E-state index in [-0.39, 0.29) is 5.02 Å². The molecule has 1 aromatic heterocycles. The van der Waals surface area contributed by atoms with Crippen molar-refractivity contribution in [3.05, 3.63) is 27.4 Å². The van der Waals surface area contributed by atoms with E-state index in [1.807, 2.05) is 0 Å². The number of halogens is 3. The van der Waals surface area contributed by atoms with E-state index < -0.39 is 5.82 Å². The minimum absolute atomic E-state index is 0.0290. The van der Waals surface area contributed by atoms with Crippen molar-refractivity contribution in [3.63, 3.8) is 0 Å². The summed E-state index contributed by atoms with van der Waals surface area (Å²) < 4.78 is 14.2. The van der Waals surface area contributed by atoms with Crippen LogP contribution in [0.4, 0.5) is 9.52 Å². The molecule has 2 N–H and O–H groups in total. The Morgan fingerprint density at radius 3 is 2.73 bits per heavy atom. The highest BCUT2D eigenvalue weighted by Gasteiger charge is 2.14. The minimum atomic E-state index is -0.526. The molecule has 2 rings (SSSR count). The molecular weight excluding hydrogens is 305 g/mol. The lowest BCUT2D eigenvalue weighted by atomic mass is 10.2. The van der Waals surface area contributed by atoms with E-state index in [0.29, 0.717) is 20.2 Å². The molecule has 0 atom stereocenters. The van der Waals surface area contributed by atoms with Crippen molar-refractivity contribution < 1.29 is 4.39 Å². The molecule has 0 spiro atoms. The highest BCUT2D eigenvalue weighted by molar-refractivity contribution is 9.10. The third-order valence-corrected chi connectivity index (χ3v) is 3.75. The maximum absolute atomic E-state index is 13.7. The molecule has 0 aliphatic rings. The van der Waals surface area contributed by atoms with Crippen molar-refractivity contribution in [2.45, 2.75) is 0 Å². The number of hydrogen-bond donors (Lipinski definition) is 1. The summed E-state index contributed by atoms with van der Waals surface area (Å²) in [7, 11) is 0. The van der Waals surface area contributed by atoms with Gasteiger partial charge >= 0.3 is 0 Å². The van der Waals surface area contributed by atoms with Crippen molar-refractivity contribution in [1.29, 1.82) is 0 Å². The van der Waals surface area contributed by atoms with Gasteiger partial charge in [0.2, 0.25) is 5.13 Å². The summed E-state index contributed by atoms with van der Waals surface area (Å²) in [6.07, 6.45) is 0. The molecule has 2 aromatic rings. The number of nitrogens with zero attached hydrogens (tertiary/aromatic N) is 2. The summed E-state index contributed by atoms with van der Waals surface area (Å²) in [6, 6.07) is 3.23. The van der Waals surface area contributed by atoms with E-state index in [9.17, 15) is 4.39 Å². The van der Waals surface area contributed by atoms with E-state index in [4.69, 9.17) is 17.3 Å². The predicted molar refractivity (Wildman–Crippen MR) is 62.4 cm³/mol. The molecule has 0 saturated heterocycles. The van der Waals surface area contributed by atoms with Crippen LogP contribution in [0.15, 0.2) is 16.6 Å². The number of rotatable bonds is 1. The molecule has 15 heavy (non-hydrogen) atoms. The fourth-order valence-electron chi connectivity index (χ4n) is 1.03. The largest absolute Gasteiger partial charge is 0.374 e. The van der Waals surface area contributed by atoms with Crippen LogP contribution < -0.4 is 5.73 Å². The van der Waals surface area contributed by atoms with Gasteiger partial charge in [0, 0.05) is 10.0 Å². The molecule has 78 valence electrons. The number of nitrogens with two attached hydrogens (primary N) is 1. The first-order valence-corrected chi connectivity index (χ1v) is 5.81. The van der Waals surface area contributed by atoms with Gasteiger partial charge in [0.25, 0.3) is 0 Å². The number of benzene rings is 1. The van der Waals surface area contributed by atoms with Crippen molar-refractivity contribution >= 4 is 44.0 Å². The molecular formula is C8H4BrClFN3S. The topological polar surface area (TPSA) is 51.8 Å². The van der Waals surface area contributed by atoms with Gasteiger partial charge in [-0.3, -0.25) is 0 Å². The van der Waals surface area contributed by atoms with Gasteiger partial charge in [-0.15, -0.1) is 10.2 Å². The Bertz CT molecular complexity index is 517. The summed E-state index contributed by atoms with van der Waals surface area (Å²) >= 11 is 9.98. The normalized spacial score (nSPS) is 10.6. The highest BCUT2D eigenvalue weighted by Crippen LogP contribution is 2.34. The number of aromatic nitrogens is 2. The second kappa shape index (κ2) is 4.03. The van der Waals surface area contributed by atoms with E-state index in [1.54, 1.807) is 12.1 Å². The van der Waals surface area contributed by atoms with Gasteiger partial charge in [0.1, 0.15) is 0 Å². The summed E-state index contributed by atoms with van der Waals surface area (Å²) in [5.41, 5.74) is 5.72. The Morgan fingerprint density at radius 2 is 2.13 bits per heavy atom. The standard InChI is InChI=1S/C8H4BrClFN3S/c9-4-2-1-3(6(11)5(4)10)7-13-14-8(12)15-7/h1-2H,(H2,12,14). The smallest absolute Gasteiger partial charge is 0.203 e. The second-order valence-electron chi connectivity index (χ2n) is 2.67. The molecule has 0 radical (unpaired) electrons. The zero-order valence-electron chi connectivity index (χ0n) is 7.17. The van der Waals surface area contributed by atoms with Crippen LogP contribution in [-0.2, 0) is 0 Å². The number of anilines is 1. The van der Waals surface area contributed by atoms with E-state index in [0.717, 1.165) is 11.3 Å². The summed E-state index contributed by atoms with van der Waals surface area (Å²) in [5.74, 6) is -0.526. The lowest BCUT2D eigenvalue weighted by Gasteiger charge is -2.01. The zero-order chi connectivity index (χ0) is 11.0. The van der Waals surface area contributed by atoms with Gasteiger partial charge in [0.15, 0.2) is 10.8 Å². The van der Waals surface area contributed by atoms with Crippen molar-refractivity contribution in [1.82, 2.24) is 10.2 Å². The van der Waals surface area contributed by atoms with Gasteiger partial charge in [-0.1, -0.05) is 22.9 Å². The van der Waals surface area contributed by atoms with Crippen LogP contribution in [0.3, 0.4) is 0 Å². The van der Waals surface area contributed by atoms with Crippen LogP contribution in [0.1, 0.15) is 0 Å². The first-order chi connectivity index (χ1) is 7.09. The third-order valence-electron chi connectivity index (χ3n) is 1.71. The molecule has 0 amide bonds. The maximum Gasteiger partial charge on any atom is 0.203 e. The third kappa shape index (κ3) is 1.97. The second-order valence-corrected chi connectivity index (χ2v) is 4.91. The molecule has 0 unspecified atom stereocenters. The van der Waals surface area contributed by atoms with Gasteiger partial charge in [0.05, 0.1) is 5.02 Å². The Hall–Kier alpha value is -0.720. The lowest BCUT2D eigenvalue weighted by Crippen LogP contribution is -1.86. The van der Waals surface area contributed by atoms with Gasteiger partial charge < -0.3 is 5.73 Å². The Kier molecular flexibility index (Phi) is 2.90. The maximum atomic E-state index is 13.7. The molecule has 7 heteroatoms. The molecule has 0 saturated carbocycles. The predicted octanol–water partition coefficient (Wildman–Crippen LogP) is 3.34. The number of nitrogen functional groups attached to an aromatic ring is 1. The molecule has 0 aliphatic heterocycles. The molecule has 1 heterocycles. The van der Waals surface area contributed by atoms with E-state index in [1.165, 1.54) is 0 Å². The van der Waals surface area contributed by atoms with E-state index in [2.05, 4.69) is 26.1 Å². The van der Waals surface area contributed by atoms with E-state index >= 15 is 0 Å². The zero-order valence-corrected chi connectivity index (χ0v) is 10.3. The number of hydrogen-bond acceptors (Lipinski definition) is 4. The SMILES string of the molecule is Nc1nnc(-c2ccc(Br)c(Cl)c2F)s1. The van der Waals surface area contributed by atoms with Crippen LogP contribution in [0.2, 0.25) is 5.02 Å². The average molecular weight is 309 g/mol. The highest BCUT2D eigenvalue weighted by atomic mass is 79.9. The van der Waals surface area contributed by atoms with Crippen LogP contribution >= 0.6 is 38.9 Å². The first kappa shape index (κ1) is 10.8. The van der Waals surface area contributed by atoms with Crippen molar-refractivity contribution in [2.24, 2.45) is 0 Å². The minimum Gasteiger partial charge on any atom is -0.374 e. The molecule has 0 bridgehead atoms. The Morgan fingerprint density at radius 1 is 1.40 bits per heavy atom. The quantitative estimate of drug-likeness (QED) is 0.822. The molecule has 0 aliphatic carbocycles. The summed E-state index contributed by atoms with van der Waals surface area (Å²) in [6.45, 7) is 0. The molecule has 1 aromatic carbocycles. The van der Waals surface area contributed by atoms with Crippen LogP contribution in [0.25, 0.3) is 10.6 Å². The molecule has 0 fully saturated rings. The summed E-state index contributed by atoms with van der Waals surface area (Å²) in [4.78, 5) is 0. The lowest BCUT2D eigenvalue weighted by molar-refractivity contribution is 0.630. The van der Waals surface area contributed by atoms with Gasteiger partial charge in [-0.25, -0.2) is 4.39 Å². The van der Waals surface area contributed by atoms with Crippen molar-refractivity contribution in [3.8, 4) is 10.6 Å².